The van der Waals surface area contributed by atoms with Crippen molar-refractivity contribution >= 4 is 23.6 Å². The number of nitrogens with two attached hydrogens (primary N) is 1. The van der Waals surface area contributed by atoms with Crippen LogP contribution in [0.4, 0.5) is 23.7 Å². The summed E-state index contributed by atoms with van der Waals surface area (Å²) in [5.41, 5.74) is 3.44. The van der Waals surface area contributed by atoms with E-state index in [0.29, 0.717) is 18.9 Å². The molecule has 1 aromatic carbocycles. The minimum absolute atomic E-state index is 0.134. The third kappa shape index (κ3) is 7.61. The van der Waals surface area contributed by atoms with Crippen LogP contribution < -0.4 is 21.7 Å². The minimum atomic E-state index is -4.63. The number of anilines is 1. The van der Waals surface area contributed by atoms with Crippen molar-refractivity contribution in [3.63, 3.8) is 0 Å². The van der Waals surface area contributed by atoms with Gasteiger partial charge in [0.15, 0.2) is 0 Å². The van der Waals surface area contributed by atoms with Crippen LogP contribution in [0.15, 0.2) is 18.2 Å². The maximum Gasteiger partial charge on any atom is 0.416 e. The van der Waals surface area contributed by atoms with Crippen LogP contribution in [-0.4, -0.2) is 42.1 Å². The van der Waals surface area contributed by atoms with E-state index in [1.165, 1.54) is 0 Å². The molecule has 3 amide bonds. The molecule has 1 aliphatic carbocycles. The second kappa shape index (κ2) is 10.1. The van der Waals surface area contributed by atoms with Crippen LogP contribution in [0.3, 0.4) is 0 Å². The van der Waals surface area contributed by atoms with E-state index < -0.39 is 41.8 Å². The van der Waals surface area contributed by atoms with Gasteiger partial charge in [-0.2, -0.15) is 13.2 Å². The number of carbonyl (C=O) groups excluding carboxylic acids is 3. The molecule has 32 heavy (non-hydrogen) atoms. The van der Waals surface area contributed by atoms with Crippen LogP contribution in [0, 0.1) is 0 Å². The van der Waals surface area contributed by atoms with Crippen LogP contribution in [0.25, 0.3) is 0 Å². The zero-order valence-electron chi connectivity index (χ0n) is 18.3. The van der Waals surface area contributed by atoms with E-state index in [2.05, 4.69) is 16.0 Å². The summed E-state index contributed by atoms with van der Waals surface area (Å²) < 4.78 is 43.9. The lowest BCUT2D eigenvalue weighted by Gasteiger charge is -2.33. The molecule has 0 unspecified atom stereocenters. The zero-order chi connectivity index (χ0) is 24.1. The number of carbonyl (C=O) groups is 3. The quantitative estimate of drug-likeness (QED) is 0.506. The molecule has 0 saturated heterocycles. The SMILES string of the molecule is CC(C)(C)OC(=O)N[C@@H]1CCCC[C@@H]1NC(=O)CNC(=O)c1cc(C(F)(F)F)ccc1N. The predicted molar refractivity (Wildman–Crippen MR) is 112 cm³/mol. The monoisotopic (exact) mass is 458 g/mol. The molecule has 1 saturated carbocycles. The summed E-state index contributed by atoms with van der Waals surface area (Å²) in [5, 5.41) is 7.81. The van der Waals surface area contributed by atoms with E-state index in [-0.39, 0.29) is 23.3 Å². The van der Waals surface area contributed by atoms with Crippen LogP contribution in [-0.2, 0) is 15.7 Å². The first kappa shape index (κ1) is 25.3. The van der Waals surface area contributed by atoms with Gasteiger partial charge in [0.1, 0.15) is 5.60 Å². The van der Waals surface area contributed by atoms with Gasteiger partial charge < -0.3 is 26.4 Å². The van der Waals surface area contributed by atoms with Crippen molar-refractivity contribution in [1.29, 1.82) is 0 Å². The maximum atomic E-state index is 12.9. The van der Waals surface area contributed by atoms with Gasteiger partial charge in [0.05, 0.1) is 23.7 Å². The van der Waals surface area contributed by atoms with Crippen LogP contribution >= 0.6 is 0 Å². The van der Waals surface area contributed by atoms with Gasteiger partial charge in [-0.15, -0.1) is 0 Å². The Labute approximate surface area is 184 Å². The van der Waals surface area contributed by atoms with Crippen molar-refractivity contribution in [2.24, 2.45) is 0 Å². The lowest BCUT2D eigenvalue weighted by molar-refractivity contribution is -0.137. The number of nitrogens with one attached hydrogen (secondary N) is 3. The van der Waals surface area contributed by atoms with E-state index in [1.807, 2.05) is 0 Å². The van der Waals surface area contributed by atoms with Gasteiger partial charge in [0, 0.05) is 11.7 Å². The number of amides is 3. The van der Waals surface area contributed by atoms with Gasteiger partial charge in [-0.3, -0.25) is 9.59 Å². The first-order valence-electron chi connectivity index (χ1n) is 10.3. The molecule has 0 bridgehead atoms. The van der Waals surface area contributed by atoms with Gasteiger partial charge >= 0.3 is 12.3 Å². The number of benzene rings is 1. The Kier molecular flexibility index (Phi) is 7.97. The number of hydrogen-bond acceptors (Lipinski definition) is 5. The highest BCUT2D eigenvalue weighted by Gasteiger charge is 2.32. The Morgan fingerprint density at radius 1 is 1.06 bits per heavy atom. The van der Waals surface area contributed by atoms with E-state index in [4.69, 9.17) is 10.5 Å². The molecule has 0 aromatic heterocycles. The third-order valence-corrected chi connectivity index (χ3v) is 4.85. The number of ether oxygens (including phenoxy) is 1. The highest BCUT2D eigenvalue weighted by Crippen LogP contribution is 2.31. The second-order valence-electron chi connectivity index (χ2n) is 8.69. The van der Waals surface area contributed by atoms with Gasteiger partial charge in [-0.25, -0.2) is 4.79 Å². The summed E-state index contributed by atoms with van der Waals surface area (Å²) in [5.74, 6) is -1.43. The summed E-state index contributed by atoms with van der Waals surface area (Å²) in [6.07, 6.45) is -2.21. The van der Waals surface area contributed by atoms with Crippen molar-refractivity contribution in [2.75, 3.05) is 12.3 Å². The fraction of sp³-hybridized carbons (Fsp3) is 0.571. The molecule has 1 aromatic rings. The van der Waals surface area contributed by atoms with E-state index in [1.54, 1.807) is 20.8 Å². The molecule has 5 N–H and O–H groups in total. The molecule has 0 radical (unpaired) electrons. The van der Waals surface area contributed by atoms with Gasteiger partial charge in [0.25, 0.3) is 5.91 Å². The molecule has 0 spiro atoms. The molecular formula is C21H29F3N4O4. The Bertz CT molecular complexity index is 852. The third-order valence-electron chi connectivity index (χ3n) is 4.85. The molecular weight excluding hydrogens is 429 g/mol. The average molecular weight is 458 g/mol. The number of rotatable bonds is 5. The lowest BCUT2D eigenvalue weighted by atomic mass is 9.90. The van der Waals surface area contributed by atoms with Gasteiger partial charge in [0.2, 0.25) is 5.91 Å². The van der Waals surface area contributed by atoms with Crippen molar-refractivity contribution in [1.82, 2.24) is 16.0 Å². The highest BCUT2D eigenvalue weighted by molar-refractivity contribution is 6.00. The summed E-state index contributed by atoms with van der Waals surface area (Å²) in [4.78, 5) is 36.7. The molecule has 178 valence electrons. The fourth-order valence-electron chi connectivity index (χ4n) is 3.38. The number of alkyl halides is 3. The maximum absolute atomic E-state index is 12.9. The Morgan fingerprint density at radius 2 is 1.66 bits per heavy atom. The first-order chi connectivity index (χ1) is 14.8. The van der Waals surface area contributed by atoms with Gasteiger partial charge in [-0.05, 0) is 51.8 Å². The summed E-state index contributed by atoms with van der Waals surface area (Å²) >= 11 is 0. The van der Waals surface area contributed by atoms with Crippen LogP contribution in [0.2, 0.25) is 0 Å². The Morgan fingerprint density at radius 3 is 2.22 bits per heavy atom. The van der Waals surface area contributed by atoms with E-state index in [0.717, 1.165) is 25.0 Å². The van der Waals surface area contributed by atoms with Crippen LogP contribution in [0.5, 0.6) is 0 Å². The average Bonchev–Trinajstić information content (AvgIpc) is 2.65. The topological polar surface area (TPSA) is 123 Å². The largest absolute Gasteiger partial charge is 0.444 e. The summed E-state index contributed by atoms with van der Waals surface area (Å²) in [6, 6.07) is 1.72. The predicted octanol–water partition coefficient (Wildman–Crippen LogP) is 2.97. The van der Waals surface area contributed by atoms with Crippen molar-refractivity contribution in [2.45, 2.75) is 70.3 Å². The molecule has 1 fully saturated rings. The smallest absolute Gasteiger partial charge is 0.416 e. The molecule has 2 rings (SSSR count). The highest BCUT2D eigenvalue weighted by atomic mass is 19.4. The summed E-state index contributed by atoms with van der Waals surface area (Å²) in [6.45, 7) is 4.77. The van der Waals surface area contributed by atoms with Gasteiger partial charge in [-0.1, -0.05) is 12.8 Å². The molecule has 0 heterocycles. The number of nitrogen functional groups attached to an aromatic ring is 1. The standard InChI is InChI=1S/C21H29F3N4O4/c1-20(2,3)32-19(31)28-16-7-5-4-6-15(16)27-17(29)11-26-18(30)13-10-12(21(22,23)24)8-9-14(13)25/h8-10,15-16H,4-7,11,25H2,1-3H3,(H,26,30)(H,27,29)(H,28,31)/t15-,16+/m0/s1. The number of alkyl carbamates (subject to hydrolysis) is 1. The van der Waals surface area contributed by atoms with Crippen molar-refractivity contribution < 1.29 is 32.3 Å². The van der Waals surface area contributed by atoms with E-state index in [9.17, 15) is 27.6 Å². The van der Waals surface area contributed by atoms with Crippen LogP contribution in [0.1, 0.15) is 62.4 Å². The molecule has 8 nitrogen and oxygen atoms in total. The number of halogens is 3. The molecule has 1 aliphatic rings. The van der Waals surface area contributed by atoms with E-state index >= 15 is 0 Å². The van der Waals surface area contributed by atoms with Crippen molar-refractivity contribution in [3.8, 4) is 0 Å². The second-order valence-corrected chi connectivity index (χ2v) is 8.69. The molecule has 2 atom stereocenters. The normalized spacial score (nSPS) is 19.1. The molecule has 0 aliphatic heterocycles. The Balaban J connectivity index is 1.93. The minimum Gasteiger partial charge on any atom is -0.444 e. The summed E-state index contributed by atoms with van der Waals surface area (Å²) in [7, 11) is 0. The Hall–Kier alpha value is -2.98. The first-order valence-corrected chi connectivity index (χ1v) is 10.3. The van der Waals surface area contributed by atoms with Crippen molar-refractivity contribution in [3.05, 3.63) is 29.3 Å². The molecule has 11 heteroatoms. The number of hydrogen-bond donors (Lipinski definition) is 4. The zero-order valence-corrected chi connectivity index (χ0v) is 18.3. The lowest BCUT2D eigenvalue weighted by Crippen LogP contribution is -2.55. The fourth-order valence-corrected chi connectivity index (χ4v) is 3.38.